The average molecular weight is 775 g/mol. The van der Waals surface area contributed by atoms with Gasteiger partial charge in [0.2, 0.25) is 30.5 Å². The van der Waals surface area contributed by atoms with Crippen molar-refractivity contribution in [3.63, 3.8) is 0 Å². The molecule has 0 radical (unpaired) electrons. The number of likely N-dealkylation sites (tertiary alicyclic amines) is 1. The van der Waals surface area contributed by atoms with E-state index in [-0.39, 0.29) is 61.4 Å². The number of amides is 5. The van der Waals surface area contributed by atoms with Crippen molar-refractivity contribution in [3.8, 4) is 0 Å². The zero-order chi connectivity index (χ0) is 43.7. The number of likely N-dealkylation sites (N-methyl/N-ethyl adjacent to an activating group) is 1. The predicted octanol–water partition coefficient (Wildman–Crippen LogP) is 4.21. The molecule has 1 fully saturated rings. The van der Waals surface area contributed by atoms with Crippen molar-refractivity contribution in [2.24, 2.45) is 23.3 Å². The lowest BCUT2D eigenvalue weighted by molar-refractivity contribution is -0.144. The molecule has 0 bridgehead atoms. The summed E-state index contributed by atoms with van der Waals surface area (Å²) in [7, 11) is 5.00. The molecule has 5 unspecified atom stereocenters. The van der Waals surface area contributed by atoms with Gasteiger partial charge in [0.15, 0.2) is 0 Å². The quantitative estimate of drug-likeness (QED) is 0.0620. The van der Waals surface area contributed by atoms with Crippen LogP contribution in [0, 0.1) is 11.8 Å². The molecule has 0 aromatic carbocycles. The minimum absolute atomic E-state index is 0.00137. The van der Waals surface area contributed by atoms with Crippen LogP contribution in [0.4, 0.5) is 0 Å². The Kier molecular flexibility index (Phi) is 52.7. The van der Waals surface area contributed by atoms with E-state index in [4.69, 9.17) is 20.3 Å². The maximum Gasteiger partial charge on any atom is 0.242 e. The van der Waals surface area contributed by atoms with Gasteiger partial charge < -0.3 is 46.5 Å². The first-order valence-electron chi connectivity index (χ1n) is 18.8. The van der Waals surface area contributed by atoms with Gasteiger partial charge in [0.05, 0.1) is 43.9 Å². The Morgan fingerprint density at radius 3 is 1.80 bits per heavy atom. The lowest BCUT2D eigenvalue weighted by Gasteiger charge is -2.39. The number of ether oxygens (including phenoxy) is 2. The van der Waals surface area contributed by atoms with Gasteiger partial charge in [0.1, 0.15) is 0 Å². The summed E-state index contributed by atoms with van der Waals surface area (Å²) in [6.07, 6.45) is 8.67. The third kappa shape index (κ3) is 35.4. The van der Waals surface area contributed by atoms with E-state index in [2.05, 4.69) is 77.6 Å². The molecule has 5 amide bonds. The molecule has 7 N–H and O–H groups in total. The largest absolute Gasteiger partial charge is 0.395 e. The molecule has 320 valence electrons. The minimum Gasteiger partial charge on any atom is -0.395 e. The van der Waals surface area contributed by atoms with Crippen LogP contribution < -0.4 is 22.1 Å². The van der Waals surface area contributed by atoms with Crippen molar-refractivity contribution >= 4 is 30.5 Å². The predicted molar refractivity (Wildman–Crippen MR) is 223 cm³/mol. The van der Waals surface area contributed by atoms with Crippen LogP contribution in [0.5, 0.6) is 0 Å². The topological polar surface area (TPSA) is 207 Å². The molecule has 14 nitrogen and oxygen atoms in total. The second-order valence-electron chi connectivity index (χ2n) is 12.4. The highest BCUT2D eigenvalue weighted by Gasteiger charge is 2.39. The van der Waals surface area contributed by atoms with Crippen LogP contribution in [-0.4, -0.2) is 124 Å². The number of nitrogens with zero attached hydrogens (tertiary/aromatic N) is 2. The van der Waals surface area contributed by atoms with E-state index in [0.29, 0.717) is 25.3 Å². The van der Waals surface area contributed by atoms with Gasteiger partial charge in [-0.15, -0.1) is 13.2 Å². The summed E-state index contributed by atoms with van der Waals surface area (Å²) in [5.41, 5.74) is 10.6. The lowest BCUT2D eigenvalue weighted by atomic mass is 9.90. The minimum atomic E-state index is -0.432. The van der Waals surface area contributed by atoms with E-state index < -0.39 is 6.10 Å². The van der Waals surface area contributed by atoms with Gasteiger partial charge in [0.25, 0.3) is 0 Å². The summed E-state index contributed by atoms with van der Waals surface area (Å²) in [5.74, 6) is -0.0642. The molecule has 0 aromatic heterocycles. The molecule has 1 heterocycles. The molecule has 14 heteroatoms. The molecule has 1 aliphatic rings. The van der Waals surface area contributed by atoms with Gasteiger partial charge in [-0.25, -0.2) is 0 Å². The number of nitrogens with two attached hydrogens (primary N) is 2. The summed E-state index contributed by atoms with van der Waals surface area (Å²) in [6.45, 7) is 31.1. The zero-order valence-corrected chi connectivity index (χ0v) is 36.3. The normalized spacial score (nSPS) is 14.7. The number of rotatable bonds is 17. The maximum absolute atomic E-state index is 13.3. The van der Waals surface area contributed by atoms with Crippen LogP contribution in [0.2, 0.25) is 0 Å². The number of carbonyl (C=O) groups excluding carboxylic acids is 5. The number of hydrogen-bond donors (Lipinski definition) is 5. The third-order valence-electron chi connectivity index (χ3n) is 7.51. The van der Waals surface area contributed by atoms with Gasteiger partial charge in [-0.05, 0) is 45.1 Å². The van der Waals surface area contributed by atoms with E-state index in [1.54, 1.807) is 26.2 Å². The molecule has 54 heavy (non-hydrogen) atoms. The first-order valence-corrected chi connectivity index (χ1v) is 18.8. The number of aliphatic hydroxyl groups is 1. The number of carbonyl (C=O) groups is 5. The second-order valence-corrected chi connectivity index (χ2v) is 12.4. The fourth-order valence-electron chi connectivity index (χ4n) is 4.85. The van der Waals surface area contributed by atoms with Crippen LogP contribution >= 0.6 is 0 Å². The van der Waals surface area contributed by atoms with Crippen molar-refractivity contribution in [3.05, 3.63) is 37.5 Å². The number of methoxy groups -OCH3 is 2. The van der Waals surface area contributed by atoms with Crippen molar-refractivity contribution in [1.29, 1.82) is 0 Å². The van der Waals surface area contributed by atoms with Gasteiger partial charge in [-0.3, -0.25) is 24.0 Å². The van der Waals surface area contributed by atoms with Gasteiger partial charge in [-0.1, -0.05) is 85.6 Å². The van der Waals surface area contributed by atoms with Crippen molar-refractivity contribution in [2.45, 2.75) is 126 Å². The summed E-state index contributed by atoms with van der Waals surface area (Å²) >= 11 is 0. The Balaban J connectivity index is -0.000000194. The molecule has 1 rings (SSSR count). The number of allylic oxidation sites excluding steroid dienone is 3. The second kappa shape index (κ2) is 45.6. The van der Waals surface area contributed by atoms with E-state index in [1.165, 1.54) is 18.9 Å². The van der Waals surface area contributed by atoms with E-state index in [0.717, 1.165) is 32.4 Å². The molecule has 0 aromatic rings. The van der Waals surface area contributed by atoms with Crippen LogP contribution in [0.3, 0.4) is 0 Å². The Morgan fingerprint density at radius 1 is 1.02 bits per heavy atom. The average Bonchev–Trinajstić information content (AvgIpc) is 3.63. The van der Waals surface area contributed by atoms with Gasteiger partial charge >= 0.3 is 0 Å². The Morgan fingerprint density at radius 2 is 1.50 bits per heavy atom. The third-order valence-corrected chi connectivity index (χ3v) is 7.51. The van der Waals surface area contributed by atoms with Crippen LogP contribution in [0.15, 0.2) is 37.5 Å². The van der Waals surface area contributed by atoms with E-state index in [1.807, 2.05) is 37.8 Å². The van der Waals surface area contributed by atoms with Crippen LogP contribution in [-0.2, 0) is 33.4 Å². The number of hydrogen-bond acceptors (Lipinski definition) is 9. The van der Waals surface area contributed by atoms with Gasteiger partial charge in [0, 0.05) is 41.3 Å². The monoisotopic (exact) mass is 775 g/mol. The summed E-state index contributed by atoms with van der Waals surface area (Å²) < 4.78 is 11.5. The molecular formula is C40H82N6O8. The molecule has 1 saturated heterocycles. The Labute approximate surface area is 329 Å². The fraction of sp³-hybridized carbons (Fsp3) is 0.725. The fourth-order valence-corrected chi connectivity index (χ4v) is 4.85. The highest BCUT2D eigenvalue weighted by Crippen LogP contribution is 2.28. The smallest absolute Gasteiger partial charge is 0.242 e. The highest BCUT2D eigenvalue weighted by molar-refractivity contribution is 5.81. The summed E-state index contributed by atoms with van der Waals surface area (Å²) in [4.78, 5) is 58.5. The molecule has 5 atom stereocenters. The summed E-state index contributed by atoms with van der Waals surface area (Å²) in [5, 5.41) is 12.7. The van der Waals surface area contributed by atoms with E-state index in [9.17, 15) is 24.0 Å². The maximum atomic E-state index is 13.3. The molecule has 0 aliphatic carbocycles. The van der Waals surface area contributed by atoms with Crippen LogP contribution in [0.25, 0.3) is 0 Å². The van der Waals surface area contributed by atoms with Crippen LogP contribution in [0.1, 0.15) is 101 Å². The molecule has 1 aliphatic heterocycles. The zero-order valence-electron chi connectivity index (χ0n) is 36.3. The Bertz CT molecular complexity index is 945. The number of nitrogens with one attached hydrogen (secondary N) is 2. The SMILES string of the molecule is C=C.C=C/C(C)=C\C.CC(N)=O.CCC.CCC(C)C(C(CC(=O)N1CCCC1C(OC)C(C)C)OC)N(C)C(=O)CNC=O.CCN.O=CNCCO. The van der Waals surface area contributed by atoms with E-state index >= 15 is 0 Å². The molecule has 0 spiro atoms. The molecular weight excluding hydrogens is 692 g/mol. The first-order chi connectivity index (χ1) is 25.5. The Hall–Kier alpha value is -3.59. The van der Waals surface area contributed by atoms with Crippen molar-refractivity contribution in [2.75, 3.05) is 54.1 Å². The molecule has 0 saturated carbocycles. The van der Waals surface area contributed by atoms with Crippen molar-refractivity contribution in [1.82, 2.24) is 20.4 Å². The number of primary amides is 1. The van der Waals surface area contributed by atoms with Crippen molar-refractivity contribution < 1.29 is 38.6 Å². The number of aliphatic hydroxyl groups excluding tert-OH is 1. The lowest BCUT2D eigenvalue weighted by Crippen LogP contribution is -2.53. The van der Waals surface area contributed by atoms with Gasteiger partial charge in [-0.2, -0.15) is 0 Å². The first kappa shape index (κ1) is 62.4. The highest BCUT2D eigenvalue weighted by atomic mass is 16.5. The standard InChI is InChI=1S/C22H41N3O5.C6H10.C3H7NO2.C3H8.C2H5NO.C2H7N.C2H4/c1-8-16(4)21(24(5)20(28)13-23-14-26)18(29-6)12-19(27)25-11-9-10-17(25)22(30-7)15(2)3;1-4-6(3)5-2;5-2-1-4-3-6;1-3-2;1-2(3)4;1-2-3;1-2/h14-18,21-22H,8-13H2,1-7H3,(H,23,26);4-5H,1H2,2-3H3;3,5H,1-2H2,(H,4,6);3H2,1-2H3;1H3,(H2,3,4);2-3H2,1H3;1-2H2/b;6-5-;;;;;. The summed E-state index contributed by atoms with van der Waals surface area (Å²) in [6, 6.07) is -0.201.